The first kappa shape index (κ1) is 8.76. The molecule has 13 heavy (non-hydrogen) atoms. The van der Waals surface area contributed by atoms with Crippen molar-refractivity contribution >= 4 is 0 Å². The number of aryl methyl sites for hydroxylation is 1. The maximum Gasteiger partial charge on any atom is 0.00448 e. The Morgan fingerprint density at radius 3 is 2.77 bits per heavy atom. The monoisotopic (exact) mass is 175 g/mol. The van der Waals surface area contributed by atoms with Crippen LogP contribution in [0.5, 0.6) is 0 Å². The molecule has 0 spiro atoms. The third kappa shape index (κ3) is 1.75. The number of benzene rings is 1. The summed E-state index contributed by atoms with van der Waals surface area (Å²) in [6.07, 6.45) is 1.28. The van der Waals surface area contributed by atoms with Crippen LogP contribution in [-0.4, -0.2) is 6.04 Å². The molecule has 0 amide bonds. The van der Waals surface area contributed by atoms with Crippen LogP contribution in [0, 0.1) is 12.8 Å². The fraction of sp³-hybridized carbons (Fsp3) is 0.500. The lowest BCUT2D eigenvalue weighted by molar-refractivity contribution is 0.631. The standard InChI is InChI=1S/C12H17N/c1-8-4-3-5-10(6-8)12-7-11(12)9(2)13/h3-6,9,11-12H,7,13H2,1-2H3/t9-,11-,12-/m1/s1. The van der Waals surface area contributed by atoms with Crippen molar-refractivity contribution in [2.75, 3.05) is 0 Å². The molecule has 3 atom stereocenters. The Balaban J connectivity index is 2.12. The van der Waals surface area contributed by atoms with Crippen molar-refractivity contribution < 1.29 is 0 Å². The molecule has 1 aromatic carbocycles. The minimum atomic E-state index is 0.352. The maximum atomic E-state index is 5.86. The normalized spacial score (nSPS) is 28.5. The average molecular weight is 175 g/mol. The summed E-state index contributed by atoms with van der Waals surface area (Å²) < 4.78 is 0. The van der Waals surface area contributed by atoms with Gasteiger partial charge in [-0.15, -0.1) is 0 Å². The van der Waals surface area contributed by atoms with Crippen molar-refractivity contribution in [3.05, 3.63) is 35.4 Å². The highest BCUT2D eigenvalue weighted by Crippen LogP contribution is 2.48. The minimum Gasteiger partial charge on any atom is -0.328 e. The first-order valence-corrected chi connectivity index (χ1v) is 5.00. The predicted octanol–water partition coefficient (Wildman–Crippen LogP) is 2.45. The molecule has 0 radical (unpaired) electrons. The Morgan fingerprint density at radius 1 is 1.46 bits per heavy atom. The van der Waals surface area contributed by atoms with Crippen LogP contribution >= 0.6 is 0 Å². The van der Waals surface area contributed by atoms with Crippen LogP contribution in [0.4, 0.5) is 0 Å². The van der Waals surface area contributed by atoms with Crippen LogP contribution in [0.3, 0.4) is 0 Å². The summed E-state index contributed by atoms with van der Waals surface area (Å²) in [6.45, 7) is 4.26. The van der Waals surface area contributed by atoms with E-state index in [9.17, 15) is 0 Å². The second-order valence-electron chi connectivity index (χ2n) is 4.28. The van der Waals surface area contributed by atoms with E-state index in [2.05, 4.69) is 38.1 Å². The molecule has 0 unspecified atom stereocenters. The van der Waals surface area contributed by atoms with Gasteiger partial charge in [-0.05, 0) is 37.7 Å². The first-order chi connectivity index (χ1) is 6.18. The van der Waals surface area contributed by atoms with Crippen LogP contribution in [0.1, 0.15) is 30.4 Å². The third-order valence-electron chi connectivity index (χ3n) is 2.99. The van der Waals surface area contributed by atoms with Crippen LogP contribution in [0.2, 0.25) is 0 Å². The van der Waals surface area contributed by atoms with E-state index >= 15 is 0 Å². The number of rotatable bonds is 2. The molecule has 1 saturated carbocycles. The highest BCUT2D eigenvalue weighted by atomic mass is 14.7. The quantitative estimate of drug-likeness (QED) is 0.734. The molecule has 1 aliphatic carbocycles. The van der Waals surface area contributed by atoms with E-state index in [1.807, 2.05) is 0 Å². The lowest BCUT2D eigenvalue weighted by Gasteiger charge is -2.04. The Kier molecular flexibility index (Phi) is 2.12. The molecular formula is C12H17N. The first-order valence-electron chi connectivity index (χ1n) is 5.00. The van der Waals surface area contributed by atoms with Crippen LogP contribution < -0.4 is 5.73 Å². The van der Waals surface area contributed by atoms with Crippen molar-refractivity contribution in [2.24, 2.45) is 11.7 Å². The largest absolute Gasteiger partial charge is 0.328 e. The fourth-order valence-electron chi connectivity index (χ4n) is 2.08. The Labute approximate surface area is 80.0 Å². The number of hydrogen-bond donors (Lipinski definition) is 1. The van der Waals surface area contributed by atoms with Gasteiger partial charge >= 0.3 is 0 Å². The van der Waals surface area contributed by atoms with Gasteiger partial charge in [-0.3, -0.25) is 0 Å². The van der Waals surface area contributed by atoms with Crippen molar-refractivity contribution in [3.8, 4) is 0 Å². The Bertz CT molecular complexity index is 304. The fourth-order valence-corrected chi connectivity index (χ4v) is 2.08. The van der Waals surface area contributed by atoms with Gasteiger partial charge in [0.05, 0.1) is 0 Å². The number of nitrogens with two attached hydrogens (primary N) is 1. The molecule has 70 valence electrons. The molecule has 1 nitrogen and oxygen atoms in total. The summed E-state index contributed by atoms with van der Waals surface area (Å²) >= 11 is 0. The molecule has 0 aromatic heterocycles. The Hall–Kier alpha value is -0.820. The molecule has 1 aromatic rings. The smallest absolute Gasteiger partial charge is 0.00448 e. The van der Waals surface area contributed by atoms with E-state index in [4.69, 9.17) is 5.73 Å². The van der Waals surface area contributed by atoms with Crippen molar-refractivity contribution in [1.82, 2.24) is 0 Å². The van der Waals surface area contributed by atoms with Gasteiger partial charge in [0.2, 0.25) is 0 Å². The summed E-state index contributed by atoms with van der Waals surface area (Å²) in [5.74, 6) is 1.46. The van der Waals surface area contributed by atoms with Crippen LogP contribution in [0.25, 0.3) is 0 Å². The zero-order chi connectivity index (χ0) is 9.42. The molecule has 0 heterocycles. The molecule has 0 bridgehead atoms. The van der Waals surface area contributed by atoms with Crippen molar-refractivity contribution in [1.29, 1.82) is 0 Å². The van der Waals surface area contributed by atoms with E-state index < -0.39 is 0 Å². The molecule has 0 aliphatic heterocycles. The van der Waals surface area contributed by atoms with E-state index in [1.165, 1.54) is 17.5 Å². The molecule has 1 fully saturated rings. The van der Waals surface area contributed by atoms with Gasteiger partial charge in [-0.25, -0.2) is 0 Å². The van der Waals surface area contributed by atoms with Crippen molar-refractivity contribution in [2.45, 2.75) is 32.2 Å². The van der Waals surface area contributed by atoms with Gasteiger partial charge in [0.25, 0.3) is 0 Å². The molecule has 1 heteroatoms. The summed E-state index contributed by atoms with van der Waals surface area (Å²) in [6, 6.07) is 9.15. The second kappa shape index (κ2) is 3.15. The third-order valence-corrected chi connectivity index (χ3v) is 2.99. The average Bonchev–Trinajstić information content (AvgIpc) is 2.82. The van der Waals surface area contributed by atoms with Crippen LogP contribution in [0.15, 0.2) is 24.3 Å². The molecule has 0 saturated heterocycles. The number of hydrogen-bond acceptors (Lipinski definition) is 1. The van der Waals surface area contributed by atoms with E-state index in [-0.39, 0.29) is 0 Å². The molecular weight excluding hydrogens is 158 g/mol. The highest BCUT2D eigenvalue weighted by molar-refractivity contribution is 5.30. The lowest BCUT2D eigenvalue weighted by atomic mass is 10.0. The van der Waals surface area contributed by atoms with Gasteiger partial charge in [-0.1, -0.05) is 29.8 Å². The van der Waals surface area contributed by atoms with Gasteiger partial charge in [0, 0.05) is 6.04 Å². The molecule has 2 N–H and O–H groups in total. The second-order valence-corrected chi connectivity index (χ2v) is 4.28. The lowest BCUT2D eigenvalue weighted by Crippen LogP contribution is -2.17. The summed E-state index contributed by atoms with van der Waals surface area (Å²) in [4.78, 5) is 0. The van der Waals surface area contributed by atoms with Gasteiger partial charge in [0.15, 0.2) is 0 Å². The van der Waals surface area contributed by atoms with Gasteiger partial charge in [-0.2, -0.15) is 0 Å². The van der Waals surface area contributed by atoms with E-state index in [1.54, 1.807) is 0 Å². The summed E-state index contributed by atoms with van der Waals surface area (Å²) in [5.41, 5.74) is 8.69. The zero-order valence-electron chi connectivity index (χ0n) is 8.33. The minimum absolute atomic E-state index is 0.352. The highest BCUT2D eigenvalue weighted by Gasteiger charge is 2.40. The summed E-state index contributed by atoms with van der Waals surface area (Å²) in [7, 11) is 0. The maximum absolute atomic E-state index is 5.86. The SMILES string of the molecule is Cc1cccc([C@H]2C[C@@H]2[C@@H](C)N)c1. The van der Waals surface area contributed by atoms with Gasteiger partial charge in [0.1, 0.15) is 0 Å². The zero-order valence-corrected chi connectivity index (χ0v) is 8.33. The predicted molar refractivity (Wildman–Crippen MR) is 55.7 cm³/mol. The molecule has 2 rings (SSSR count). The van der Waals surface area contributed by atoms with Gasteiger partial charge < -0.3 is 5.73 Å². The topological polar surface area (TPSA) is 26.0 Å². The molecule has 1 aliphatic rings. The Morgan fingerprint density at radius 2 is 2.23 bits per heavy atom. The van der Waals surface area contributed by atoms with E-state index in [0.29, 0.717) is 6.04 Å². The van der Waals surface area contributed by atoms with Crippen LogP contribution in [-0.2, 0) is 0 Å². The summed E-state index contributed by atoms with van der Waals surface area (Å²) in [5, 5.41) is 0. The van der Waals surface area contributed by atoms with Crippen molar-refractivity contribution in [3.63, 3.8) is 0 Å². The van der Waals surface area contributed by atoms with E-state index in [0.717, 1.165) is 11.8 Å².